The van der Waals surface area contributed by atoms with Crippen molar-refractivity contribution in [1.29, 1.82) is 5.26 Å². The molecule has 4 nitrogen and oxygen atoms in total. The number of anilines is 1. The van der Waals surface area contributed by atoms with Crippen LogP contribution in [0.2, 0.25) is 0 Å². The molecule has 0 saturated heterocycles. The topological polar surface area (TPSA) is 54.3 Å². The third-order valence-corrected chi connectivity index (χ3v) is 2.98. The highest BCUT2D eigenvalue weighted by Crippen LogP contribution is 2.29. The van der Waals surface area contributed by atoms with Crippen LogP contribution in [0.1, 0.15) is 11.1 Å². The van der Waals surface area contributed by atoms with Gasteiger partial charge in [-0.25, -0.2) is 4.39 Å². The van der Waals surface area contributed by atoms with Crippen molar-refractivity contribution in [3.63, 3.8) is 0 Å². The fourth-order valence-corrected chi connectivity index (χ4v) is 1.96. The highest BCUT2D eigenvalue weighted by atomic mass is 19.1. The summed E-state index contributed by atoms with van der Waals surface area (Å²) in [5.41, 5.74) is 1.75. The molecule has 0 unspecified atom stereocenters. The summed E-state index contributed by atoms with van der Waals surface area (Å²) in [6.45, 7) is 0.384. The van der Waals surface area contributed by atoms with Gasteiger partial charge < -0.3 is 14.8 Å². The van der Waals surface area contributed by atoms with E-state index >= 15 is 0 Å². The Morgan fingerprint density at radius 2 is 1.95 bits per heavy atom. The van der Waals surface area contributed by atoms with Crippen LogP contribution >= 0.6 is 0 Å². The fraction of sp³-hybridized carbons (Fsp3) is 0.188. The van der Waals surface area contributed by atoms with E-state index in [2.05, 4.69) is 5.32 Å². The zero-order valence-corrected chi connectivity index (χ0v) is 11.8. The SMILES string of the molecule is COc1ccc(NCc2cc(F)cc(C#N)c2)c(OC)c1. The molecule has 0 aliphatic heterocycles. The summed E-state index contributed by atoms with van der Waals surface area (Å²) in [6.07, 6.45) is 0. The number of hydrogen-bond acceptors (Lipinski definition) is 4. The van der Waals surface area contributed by atoms with E-state index in [-0.39, 0.29) is 0 Å². The number of rotatable bonds is 5. The molecule has 2 aromatic rings. The second-order valence-electron chi connectivity index (χ2n) is 4.38. The van der Waals surface area contributed by atoms with Crippen LogP contribution in [0, 0.1) is 17.1 Å². The zero-order chi connectivity index (χ0) is 15.2. The van der Waals surface area contributed by atoms with Crippen molar-refractivity contribution in [2.75, 3.05) is 19.5 Å². The van der Waals surface area contributed by atoms with Crippen LogP contribution < -0.4 is 14.8 Å². The summed E-state index contributed by atoms with van der Waals surface area (Å²) in [4.78, 5) is 0. The summed E-state index contributed by atoms with van der Waals surface area (Å²) in [5, 5.41) is 12.0. The van der Waals surface area contributed by atoms with Crippen LogP contribution in [0.5, 0.6) is 11.5 Å². The number of ether oxygens (including phenoxy) is 2. The molecule has 108 valence electrons. The average molecular weight is 286 g/mol. The Morgan fingerprint density at radius 3 is 2.62 bits per heavy atom. The van der Waals surface area contributed by atoms with E-state index in [0.717, 1.165) is 5.69 Å². The average Bonchev–Trinajstić information content (AvgIpc) is 2.52. The quantitative estimate of drug-likeness (QED) is 0.916. The molecule has 0 fully saturated rings. The number of nitrogens with one attached hydrogen (secondary N) is 1. The van der Waals surface area contributed by atoms with Crippen molar-refractivity contribution in [3.8, 4) is 17.6 Å². The molecule has 0 aliphatic carbocycles. The minimum absolute atomic E-state index is 0.300. The molecule has 0 heterocycles. The van der Waals surface area contributed by atoms with E-state index in [0.29, 0.717) is 29.2 Å². The second-order valence-corrected chi connectivity index (χ2v) is 4.38. The highest BCUT2D eigenvalue weighted by molar-refractivity contribution is 5.59. The molecular weight excluding hydrogens is 271 g/mol. The van der Waals surface area contributed by atoms with Crippen LogP contribution in [-0.4, -0.2) is 14.2 Å². The van der Waals surface area contributed by atoms with E-state index in [1.807, 2.05) is 12.1 Å². The Balaban J connectivity index is 2.16. The first-order valence-electron chi connectivity index (χ1n) is 6.31. The van der Waals surface area contributed by atoms with Crippen LogP contribution in [0.3, 0.4) is 0 Å². The lowest BCUT2D eigenvalue weighted by Crippen LogP contribution is -2.02. The van der Waals surface area contributed by atoms with Gasteiger partial charge in [-0.2, -0.15) is 5.26 Å². The zero-order valence-electron chi connectivity index (χ0n) is 11.8. The number of hydrogen-bond donors (Lipinski definition) is 1. The van der Waals surface area contributed by atoms with Crippen molar-refractivity contribution in [1.82, 2.24) is 0 Å². The minimum Gasteiger partial charge on any atom is -0.497 e. The molecule has 1 N–H and O–H groups in total. The van der Waals surface area contributed by atoms with E-state index in [4.69, 9.17) is 14.7 Å². The predicted octanol–water partition coefficient (Wildman–Crippen LogP) is 3.33. The standard InChI is InChI=1S/C16H15FN2O2/c1-20-14-3-4-15(16(8-14)21-2)19-10-12-5-11(9-18)6-13(17)7-12/h3-8,19H,10H2,1-2H3. The number of benzene rings is 2. The Hall–Kier alpha value is -2.74. The van der Waals surface area contributed by atoms with Gasteiger partial charge in [-0.15, -0.1) is 0 Å². The molecule has 0 amide bonds. The summed E-state index contributed by atoms with van der Waals surface area (Å²) >= 11 is 0. The van der Waals surface area contributed by atoms with Gasteiger partial charge in [-0.1, -0.05) is 0 Å². The normalized spacial score (nSPS) is 9.81. The fourth-order valence-electron chi connectivity index (χ4n) is 1.96. The lowest BCUT2D eigenvalue weighted by Gasteiger charge is -2.12. The van der Waals surface area contributed by atoms with Crippen molar-refractivity contribution >= 4 is 5.69 Å². The monoisotopic (exact) mass is 286 g/mol. The smallest absolute Gasteiger partial charge is 0.145 e. The molecule has 0 radical (unpaired) electrons. The van der Waals surface area contributed by atoms with Gasteiger partial charge in [0.25, 0.3) is 0 Å². The number of nitrogens with zero attached hydrogens (tertiary/aromatic N) is 1. The molecule has 0 atom stereocenters. The Morgan fingerprint density at radius 1 is 1.14 bits per heavy atom. The number of methoxy groups -OCH3 is 2. The highest BCUT2D eigenvalue weighted by Gasteiger charge is 2.06. The van der Waals surface area contributed by atoms with Crippen molar-refractivity contribution < 1.29 is 13.9 Å². The first kappa shape index (κ1) is 14.7. The largest absolute Gasteiger partial charge is 0.497 e. The molecule has 5 heteroatoms. The summed E-state index contributed by atoms with van der Waals surface area (Å²) in [5.74, 6) is 0.897. The first-order valence-corrected chi connectivity index (χ1v) is 6.31. The minimum atomic E-state index is -0.424. The number of nitriles is 1. The van der Waals surface area contributed by atoms with E-state index < -0.39 is 5.82 Å². The Kier molecular flexibility index (Phi) is 4.62. The number of halogens is 1. The van der Waals surface area contributed by atoms with Crippen molar-refractivity contribution in [2.45, 2.75) is 6.54 Å². The van der Waals surface area contributed by atoms with Crippen LogP contribution in [0.25, 0.3) is 0 Å². The molecular formula is C16H15FN2O2. The van der Waals surface area contributed by atoms with Gasteiger partial charge in [0.2, 0.25) is 0 Å². The summed E-state index contributed by atoms with van der Waals surface area (Å²) in [6, 6.07) is 11.6. The molecule has 0 aromatic heterocycles. The second kappa shape index (κ2) is 6.62. The van der Waals surface area contributed by atoms with E-state index in [9.17, 15) is 4.39 Å². The summed E-state index contributed by atoms with van der Waals surface area (Å²) in [7, 11) is 3.15. The first-order chi connectivity index (χ1) is 10.2. The third kappa shape index (κ3) is 3.63. The molecule has 2 aromatic carbocycles. The third-order valence-electron chi connectivity index (χ3n) is 2.98. The van der Waals surface area contributed by atoms with Crippen LogP contribution in [0.15, 0.2) is 36.4 Å². The van der Waals surface area contributed by atoms with Gasteiger partial charge in [0.15, 0.2) is 0 Å². The van der Waals surface area contributed by atoms with Gasteiger partial charge in [0, 0.05) is 12.6 Å². The Labute approximate surface area is 122 Å². The summed E-state index contributed by atoms with van der Waals surface area (Å²) < 4.78 is 23.8. The van der Waals surface area contributed by atoms with Gasteiger partial charge in [0.1, 0.15) is 17.3 Å². The van der Waals surface area contributed by atoms with Crippen LogP contribution in [0.4, 0.5) is 10.1 Å². The lowest BCUT2D eigenvalue weighted by atomic mass is 10.1. The van der Waals surface area contributed by atoms with Gasteiger partial charge in [-0.05, 0) is 35.9 Å². The molecule has 2 rings (SSSR count). The van der Waals surface area contributed by atoms with Gasteiger partial charge >= 0.3 is 0 Å². The lowest BCUT2D eigenvalue weighted by molar-refractivity contribution is 0.395. The van der Waals surface area contributed by atoms with Gasteiger partial charge in [0.05, 0.1) is 31.5 Å². The predicted molar refractivity (Wildman–Crippen MR) is 78.0 cm³/mol. The molecule has 0 aliphatic rings. The maximum absolute atomic E-state index is 13.4. The molecule has 0 saturated carbocycles. The van der Waals surface area contributed by atoms with Crippen molar-refractivity contribution in [2.24, 2.45) is 0 Å². The van der Waals surface area contributed by atoms with Crippen LogP contribution in [-0.2, 0) is 6.54 Å². The van der Waals surface area contributed by atoms with Crippen molar-refractivity contribution in [3.05, 3.63) is 53.3 Å². The Bertz CT molecular complexity index is 680. The maximum Gasteiger partial charge on any atom is 0.145 e. The molecule has 21 heavy (non-hydrogen) atoms. The van der Waals surface area contributed by atoms with E-state index in [1.165, 1.54) is 12.1 Å². The van der Waals surface area contributed by atoms with E-state index in [1.54, 1.807) is 32.4 Å². The van der Waals surface area contributed by atoms with Gasteiger partial charge in [-0.3, -0.25) is 0 Å². The molecule has 0 bridgehead atoms. The maximum atomic E-state index is 13.4. The molecule has 0 spiro atoms.